The van der Waals surface area contributed by atoms with Crippen LogP contribution in [0.5, 0.6) is 11.6 Å². The Labute approximate surface area is 133 Å². The summed E-state index contributed by atoms with van der Waals surface area (Å²) in [6, 6.07) is 0. The summed E-state index contributed by atoms with van der Waals surface area (Å²) in [6.45, 7) is -1.04. The SMILES string of the molecule is [2H]C([2H])([2H])Oc1ncc2nc[nH]c(=O)c2c1OC(C)c1ncn(C([2H])([2H])[2H])n1. The van der Waals surface area contributed by atoms with Crippen LogP contribution in [0.2, 0.25) is 0 Å². The molecule has 0 amide bonds. The van der Waals surface area contributed by atoms with Crippen molar-refractivity contribution in [3.05, 3.63) is 35.0 Å². The van der Waals surface area contributed by atoms with Gasteiger partial charge in [-0.3, -0.25) is 9.48 Å². The van der Waals surface area contributed by atoms with E-state index in [0.717, 1.165) is 12.7 Å². The second-order valence-electron chi connectivity index (χ2n) is 4.29. The highest BCUT2D eigenvalue weighted by Gasteiger charge is 2.20. The molecule has 0 aliphatic carbocycles. The smallest absolute Gasteiger partial charge is 0.262 e. The van der Waals surface area contributed by atoms with Gasteiger partial charge in [-0.05, 0) is 6.92 Å². The average Bonchev–Trinajstić information content (AvgIpc) is 3.06. The van der Waals surface area contributed by atoms with Crippen molar-refractivity contribution in [2.24, 2.45) is 6.98 Å². The zero-order valence-corrected chi connectivity index (χ0v) is 11.3. The van der Waals surface area contributed by atoms with Gasteiger partial charge in [0.1, 0.15) is 11.7 Å². The van der Waals surface area contributed by atoms with E-state index in [-0.39, 0.29) is 22.5 Å². The Balaban J connectivity index is 2.06. The molecule has 3 aromatic rings. The Hall–Kier alpha value is -2.97. The summed E-state index contributed by atoms with van der Waals surface area (Å²) in [5, 5.41) is 3.74. The fourth-order valence-corrected chi connectivity index (χ4v) is 1.89. The van der Waals surface area contributed by atoms with Crippen LogP contribution in [0, 0.1) is 0 Å². The Bertz CT molecular complexity index is 1060. The van der Waals surface area contributed by atoms with Gasteiger partial charge < -0.3 is 14.5 Å². The van der Waals surface area contributed by atoms with E-state index in [1.165, 1.54) is 13.1 Å². The zero-order valence-electron chi connectivity index (χ0n) is 17.3. The maximum absolute atomic E-state index is 12.3. The number of aryl methyl sites for hydroxylation is 1. The molecule has 9 nitrogen and oxygen atoms in total. The molecule has 1 unspecified atom stereocenters. The summed E-state index contributed by atoms with van der Waals surface area (Å²) >= 11 is 0. The first-order valence-electron chi connectivity index (χ1n) is 9.10. The van der Waals surface area contributed by atoms with Gasteiger partial charge in [-0.2, -0.15) is 5.10 Å². The minimum absolute atomic E-state index is 0.00622. The fraction of sp³-hybridized carbons (Fsp3) is 0.308. The third-order valence-electron chi connectivity index (χ3n) is 2.87. The lowest BCUT2D eigenvalue weighted by atomic mass is 10.2. The van der Waals surface area contributed by atoms with Crippen LogP contribution >= 0.6 is 0 Å². The Morgan fingerprint density at radius 2 is 2.32 bits per heavy atom. The van der Waals surface area contributed by atoms with Gasteiger partial charge in [-0.25, -0.2) is 15.0 Å². The van der Waals surface area contributed by atoms with Crippen LogP contribution in [0.1, 0.15) is 27.1 Å². The number of nitrogens with zero attached hydrogens (tertiary/aromatic N) is 5. The maximum Gasteiger partial charge on any atom is 0.262 e. The van der Waals surface area contributed by atoms with Crippen molar-refractivity contribution in [2.45, 2.75) is 13.0 Å². The molecule has 0 saturated carbocycles. The first kappa shape index (κ1) is 8.47. The van der Waals surface area contributed by atoms with Crippen molar-refractivity contribution in [3.8, 4) is 11.6 Å². The Morgan fingerprint density at radius 3 is 3.09 bits per heavy atom. The van der Waals surface area contributed by atoms with E-state index >= 15 is 0 Å². The average molecular weight is 308 g/mol. The molecule has 0 fully saturated rings. The minimum atomic E-state index is -2.85. The monoisotopic (exact) mass is 308 g/mol. The van der Waals surface area contributed by atoms with E-state index in [4.69, 9.17) is 17.7 Å². The molecule has 114 valence electrons. The third-order valence-corrected chi connectivity index (χ3v) is 2.87. The van der Waals surface area contributed by atoms with Crippen LogP contribution in [0.25, 0.3) is 10.9 Å². The second kappa shape index (κ2) is 5.43. The molecule has 0 radical (unpaired) electrons. The molecule has 3 heterocycles. The summed E-state index contributed by atoms with van der Waals surface area (Å²) in [6.07, 6.45) is 2.38. The van der Waals surface area contributed by atoms with Crippen LogP contribution in [0.15, 0.2) is 23.6 Å². The number of nitrogens with one attached hydrogen (secondary N) is 1. The first-order valence-corrected chi connectivity index (χ1v) is 6.10. The number of aromatic amines is 1. The van der Waals surface area contributed by atoms with Crippen molar-refractivity contribution >= 4 is 10.9 Å². The van der Waals surface area contributed by atoms with Gasteiger partial charge in [0.15, 0.2) is 17.7 Å². The third kappa shape index (κ3) is 2.36. The second-order valence-corrected chi connectivity index (χ2v) is 4.29. The van der Waals surface area contributed by atoms with Gasteiger partial charge in [-0.15, -0.1) is 0 Å². The molecule has 0 saturated heterocycles. The summed E-state index contributed by atoms with van der Waals surface area (Å²) in [5.74, 6) is -0.734. The fourth-order valence-electron chi connectivity index (χ4n) is 1.89. The van der Waals surface area contributed by atoms with Crippen molar-refractivity contribution in [3.63, 3.8) is 0 Å². The molecule has 0 bridgehead atoms. The molecule has 0 aliphatic heterocycles. The molecular weight excluding hydrogens is 288 g/mol. The number of fused-ring (bicyclic) bond motifs is 1. The van der Waals surface area contributed by atoms with E-state index in [1.54, 1.807) is 0 Å². The van der Waals surface area contributed by atoms with E-state index in [9.17, 15) is 4.79 Å². The summed E-state index contributed by atoms with van der Waals surface area (Å²) < 4.78 is 55.0. The lowest BCUT2D eigenvalue weighted by molar-refractivity contribution is 0.207. The lowest BCUT2D eigenvalue weighted by Gasteiger charge is -2.15. The van der Waals surface area contributed by atoms with Gasteiger partial charge >= 0.3 is 0 Å². The Morgan fingerprint density at radius 1 is 1.41 bits per heavy atom. The molecule has 1 N–H and O–H groups in total. The van der Waals surface area contributed by atoms with E-state index in [2.05, 4.69) is 25.0 Å². The highest BCUT2D eigenvalue weighted by molar-refractivity contribution is 5.85. The van der Waals surface area contributed by atoms with Gasteiger partial charge in [0.25, 0.3) is 11.4 Å². The normalized spacial score (nSPS) is 17.5. The van der Waals surface area contributed by atoms with Gasteiger partial charge in [0.05, 0.1) is 29.2 Å². The van der Waals surface area contributed by atoms with Crippen LogP contribution in [-0.4, -0.2) is 36.8 Å². The summed E-state index contributed by atoms with van der Waals surface area (Å²) in [7, 11) is -2.85. The lowest BCUT2D eigenvalue weighted by Crippen LogP contribution is -2.13. The van der Waals surface area contributed by atoms with Crippen molar-refractivity contribution < 1.29 is 17.7 Å². The topological polar surface area (TPSA) is 108 Å². The highest BCUT2D eigenvalue weighted by atomic mass is 16.5. The predicted molar refractivity (Wildman–Crippen MR) is 76.8 cm³/mol. The van der Waals surface area contributed by atoms with E-state index in [0.29, 0.717) is 4.68 Å². The Kier molecular flexibility index (Phi) is 2.09. The van der Waals surface area contributed by atoms with Crippen molar-refractivity contribution in [2.75, 3.05) is 7.04 Å². The maximum atomic E-state index is 12.3. The van der Waals surface area contributed by atoms with Crippen LogP contribution in [0.4, 0.5) is 0 Å². The number of hydrogen-bond donors (Lipinski definition) is 1. The van der Waals surface area contributed by atoms with Crippen molar-refractivity contribution in [1.82, 2.24) is 29.7 Å². The minimum Gasteiger partial charge on any atom is -0.478 e. The first-order chi connectivity index (χ1) is 13.0. The number of pyridine rings is 1. The molecule has 3 aromatic heterocycles. The number of ether oxygens (including phenoxy) is 2. The molecule has 3 rings (SSSR count). The molecule has 1 atom stereocenters. The van der Waals surface area contributed by atoms with Gasteiger partial charge in [-0.1, -0.05) is 0 Å². The summed E-state index contributed by atoms with van der Waals surface area (Å²) in [4.78, 5) is 26.3. The number of aromatic nitrogens is 6. The quantitative estimate of drug-likeness (QED) is 0.751. The molecular formula is C13H14N6O3. The van der Waals surface area contributed by atoms with Crippen LogP contribution in [0.3, 0.4) is 0 Å². The molecule has 9 heteroatoms. The number of H-pyrrole nitrogens is 1. The van der Waals surface area contributed by atoms with E-state index in [1.807, 2.05) is 0 Å². The number of rotatable bonds is 4. The summed E-state index contributed by atoms with van der Waals surface area (Å²) in [5.41, 5.74) is -0.462. The standard InChI is InChI=1S/C13H14N6O3/c1-7(11-17-6-19(2)18-11)22-10-9-8(4-14-13(10)21-3)15-5-16-12(9)20/h4-7H,1-3H3,(H,15,16,20)/i2D3,3D3. The highest BCUT2D eigenvalue weighted by Crippen LogP contribution is 2.33. The van der Waals surface area contributed by atoms with Gasteiger partial charge in [0.2, 0.25) is 0 Å². The largest absolute Gasteiger partial charge is 0.478 e. The number of methoxy groups -OCH3 is 1. The predicted octanol–water partition coefficient (Wildman–Crippen LogP) is 0.595. The van der Waals surface area contributed by atoms with Crippen LogP contribution < -0.4 is 15.0 Å². The molecule has 0 spiro atoms. The zero-order chi connectivity index (χ0) is 20.7. The number of hydrogen-bond acceptors (Lipinski definition) is 7. The van der Waals surface area contributed by atoms with Crippen molar-refractivity contribution in [1.29, 1.82) is 0 Å². The van der Waals surface area contributed by atoms with E-state index < -0.39 is 31.6 Å². The van der Waals surface area contributed by atoms with Gasteiger partial charge in [0, 0.05) is 11.1 Å². The molecule has 0 aromatic carbocycles. The van der Waals surface area contributed by atoms with Crippen LogP contribution in [-0.2, 0) is 6.98 Å². The molecule has 22 heavy (non-hydrogen) atoms. The molecule has 0 aliphatic rings.